The van der Waals surface area contributed by atoms with Crippen LogP contribution in [0.3, 0.4) is 0 Å². The van der Waals surface area contributed by atoms with E-state index in [4.69, 9.17) is 14.6 Å². The summed E-state index contributed by atoms with van der Waals surface area (Å²) in [7, 11) is -0.885. The number of nitrogens with zero attached hydrogens (tertiary/aromatic N) is 1. The van der Waals surface area contributed by atoms with Gasteiger partial charge in [-0.15, -0.1) is 0 Å². The SMILES string of the molecule is CCc1ccc(S(=O)(=O)n2cc(CCC(=O)O)c3cc(OC)ccc32)cc1OC. The summed E-state index contributed by atoms with van der Waals surface area (Å²) in [6.07, 6.45) is 2.31. The van der Waals surface area contributed by atoms with Gasteiger partial charge in [-0.2, -0.15) is 0 Å². The van der Waals surface area contributed by atoms with Gasteiger partial charge < -0.3 is 14.6 Å². The average molecular weight is 417 g/mol. The van der Waals surface area contributed by atoms with Crippen molar-refractivity contribution in [3.63, 3.8) is 0 Å². The summed E-state index contributed by atoms with van der Waals surface area (Å²) in [4.78, 5) is 11.1. The quantitative estimate of drug-likeness (QED) is 0.603. The molecule has 3 rings (SSSR count). The van der Waals surface area contributed by atoms with Crippen molar-refractivity contribution in [2.45, 2.75) is 31.1 Å². The molecule has 0 spiro atoms. The number of hydrogen-bond donors (Lipinski definition) is 1. The van der Waals surface area contributed by atoms with Crippen LogP contribution in [0.4, 0.5) is 0 Å². The van der Waals surface area contributed by atoms with Gasteiger partial charge in [0, 0.05) is 24.1 Å². The average Bonchev–Trinajstić information content (AvgIpc) is 3.10. The van der Waals surface area contributed by atoms with Crippen molar-refractivity contribution in [3.05, 3.63) is 53.7 Å². The van der Waals surface area contributed by atoms with Crippen LogP contribution in [-0.4, -0.2) is 37.7 Å². The van der Waals surface area contributed by atoms with E-state index in [1.165, 1.54) is 30.5 Å². The van der Waals surface area contributed by atoms with Crippen LogP contribution in [0.25, 0.3) is 10.9 Å². The van der Waals surface area contributed by atoms with E-state index in [2.05, 4.69) is 0 Å². The minimum Gasteiger partial charge on any atom is -0.497 e. The van der Waals surface area contributed by atoms with E-state index >= 15 is 0 Å². The molecule has 0 amide bonds. The Morgan fingerprint density at radius 3 is 2.45 bits per heavy atom. The number of carboxylic acid groups (broad SMARTS) is 1. The lowest BCUT2D eigenvalue weighted by atomic mass is 10.1. The number of aryl methyl sites for hydroxylation is 2. The van der Waals surface area contributed by atoms with Crippen molar-refractivity contribution in [2.75, 3.05) is 14.2 Å². The van der Waals surface area contributed by atoms with Gasteiger partial charge in [0.25, 0.3) is 10.0 Å². The molecule has 0 radical (unpaired) electrons. The van der Waals surface area contributed by atoms with Gasteiger partial charge in [0.2, 0.25) is 0 Å². The fourth-order valence-corrected chi connectivity index (χ4v) is 4.71. The molecule has 1 N–H and O–H groups in total. The molecule has 7 nitrogen and oxygen atoms in total. The van der Waals surface area contributed by atoms with Gasteiger partial charge in [-0.3, -0.25) is 4.79 Å². The Hall–Kier alpha value is -3.00. The number of aliphatic carboxylic acids is 1. The van der Waals surface area contributed by atoms with Crippen LogP contribution in [0.1, 0.15) is 24.5 Å². The van der Waals surface area contributed by atoms with Crippen molar-refractivity contribution in [2.24, 2.45) is 0 Å². The molecule has 1 aromatic heterocycles. The zero-order chi connectivity index (χ0) is 21.2. The van der Waals surface area contributed by atoms with Crippen LogP contribution in [0, 0.1) is 0 Å². The molecular formula is C21H23NO6S. The fraction of sp³-hybridized carbons (Fsp3) is 0.286. The fourth-order valence-electron chi connectivity index (χ4n) is 3.30. The number of carbonyl (C=O) groups is 1. The third-order valence-electron chi connectivity index (χ3n) is 4.86. The third kappa shape index (κ3) is 3.93. The molecule has 154 valence electrons. The summed E-state index contributed by atoms with van der Waals surface area (Å²) in [6, 6.07) is 9.87. The number of methoxy groups -OCH3 is 2. The van der Waals surface area contributed by atoms with Crippen LogP contribution in [0.2, 0.25) is 0 Å². The summed E-state index contributed by atoms with van der Waals surface area (Å²) < 4.78 is 38.5. The predicted molar refractivity (Wildman–Crippen MR) is 109 cm³/mol. The molecule has 1 heterocycles. The van der Waals surface area contributed by atoms with Crippen LogP contribution in [-0.2, 0) is 27.7 Å². The van der Waals surface area contributed by atoms with Crippen LogP contribution in [0.5, 0.6) is 11.5 Å². The largest absolute Gasteiger partial charge is 0.497 e. The number of fused-ring (bicyclic) bond motifs is 1. The highest BCUT2D eigenvalue weighted by Crippen LogP contribution is 2.31. The molecule has 2 aromatic carbocycles. The Bertz CT molecular complexity index is 1160. The lowest BCUT2D eigenvalue weighted by molar-refractivity contribution is -0.136. The summed E-state index contributed by atoms with van der Waals surface area (Å²) in [5, 5.41) is 9.68. The first kappa shape index (κ1) is 20.7. The molecule has 0 fully saturated rings. The van der Waals surface area contributed by atoms with Gasteiger partial charge in [-0.1, -0.05) is 13.0 Å². The van der Waals surface area contributed by atoms with E-state index in [0.717, 1.165) is 12.0 Å². The number of aromatic nitrogens is 1. The van der Waals surface area contributed by atoms with Gasteiger partial charge in [0.1, 0.15) is 11.5 Å². The molecular weight excluding hydrogens is 394 g/mol. The Balaban J connectivity index is 2.18. The second-order valence-corrected chi connectivity index (χ2v) is 8.37. The van der Waals surface area contributed by atoms with Crippen molar-refractivity contribution in [1.29, 1.82) is 0 Å². The van der Waals surface area contributed by atoms with E-state index in [1.54, 1.807) is 30.3 Å². The van der Waals surface area contributed by atoms with E-state index < -0.39 is 16.0 Å². The number of rotatable bonds is 8. The first-order valence-electron chi connectivity index (χ1n) is 9.14. The smallest absolute Gasteiger partial charge is 0.303 e. The van der Waals surface area contributed by atoms with Crippen LogP contribution < -0.4 is 9.47 Å². The molecule has 8 heteroatoms. The monoisotopic (exact) mass is 417 g/mol. The third-order valence-corrected chi connectivity index (χ3v) is 6.53. The minimum atomic E-state index is -3.91. The molecule has 0 aliphatic carbocycles. The molecule has 0 unspecified atom stereocenters. The number of hydrogen-bond acceptors (Lipinski definition) is 5. The second-order valence-electron chi connectivity index (χ2n) is 6.56. The molecule has 29 heavy (non-hydrogen) atoms. The lowest BCUT2D eigenvalue weighted by Gasteiger charge is -2.12. The zero-order valence-electron chi connectivity index (χ0n) is 16.5. The van der Waals surface area contributed by atoms with Gasteiger partial charge in [0.15, 0.2) is 0 Å². The van der Waals surface area contributed by atoms with Crippen molar-refractivity contribution in [3.8, 4) is 11.5 Å². The molecule has 0 atom stereocenters. The number of carboxylic acids is 1. The molecule has 0 aliphatic rings. The second kappa shape index (κ2) is 8.16. The van der Waals surface area contributed by atoms with Gasteiger partial charge >= 0.3 is 5.97 Å². The molecule has 0 saturated carbocycles. The maximum absolute atomic E-state index is 13.4. The predicted octanol–water partition coefficient (Wildman–Crippen LogP) is 3.48. The van der Waals surface area contributed by atoms with E-state index in [9.17, 15) is 13.2 Å². The highest BCUT2D eigenvalue weighted by atomic mass is 32.2. The topological polar surface area (TPSA) is 94.8 Å². The van der Waals surface area contributed by atoms with Crippen LogP contribution >= 0.6 is 0 Å². The summed E-state index contributed by atoms with van der Waals surface area (Å²) in [5.41, 5.74) is 2.00. The molecule has 0 bridgehead atoms. The molecule has 0 aliphatic heterocycles. The Labute approximate surface area is 169 Å². The van der Waals surface area contributed by atoms with Gasteiger partial charge in [-0.05, 0) is 48.2 Å². The minimum absolute atomic E-state index is 0.101. The van der Waals surface area contributed by atoms with Gasteiger partial charge in [-0.25, -0.2) is 12.4 Å². The van der Waals surface area contributed by atoms with Crippen molar-refractivity contribution < 1.29 is 27.8 Å². The number of benzene rings is 2. The Morgan fingerprint density at radius 1 is 1.07 bits per heavy atom. The highest BCUT2D eigenvalue weighted by Gasteiger charge is 2.23. The van der Waals surface area contributed by atoms with Crippen LogP contribution in [0.15, 0.2) is 47.5 Å². The van der Waals surface area contributed by atoms with Crippen molar-refractivity contribution >= 4 is 26.9 Å². The zero-order valence-corrected chi connectivity index (χ0v) is 17.3. The van der Waals surface area contributed by atoms with Gasteiger partial charge in [0.05, 0.1) is 24.6 Å². The normalized spacial score (nSPS) is 11.6. The first-order valence-corrected chi connectivity index (χ1v) is 10.6. The lowest BCUT2D eigenvalue weighted by Crippen LogP contribution is -2.12. The van der Waals surface area contributed by atoms with E-state index in [-0.39, 0.29) is 17.7 Å². The Kier molecular flexibility index (Phi) is 5.83. The first-order chi connectivity index (χ1) is 13.8. The van der Waals surface area contributed by atoms with Crippen molar-refractivity contribution in [1.82, 2.24) is 3.97 Å². The standard InChI is InChI=1S/C21H23NO6S/c1-4-14-5-8-17(12-20(14)28-3)29(25,26)22-13-15(6-10-21(23)24)18-11-16(27-2)7-9-19(18)22/h5,7-9,11-13H,4,6,10H2,1-3H3,(H,23,24). The van der Waals surface area contributed by atoms with E-state index in [0.29, 0.717) is 28.0 Å². The van der Waals surface area contributed by atoms with E-state index in [1.807, 2.05) is 6.92 Å². The highest BCUT2D eigenvalue weighted by molar-refractivity contribution is 7.90. The molecule has 0 saturated heterocycles. The molecule has 3 aromatic rings. The summed E-state index contributed by atoms with van der Waals surface area (Å²) in [6.45, 7) is 1.97. The summed E-state index contributed by atoms with van der Waals surface area (Å²) >= 11 is 0. The summed E-state index contributed by atoms with van der Waals surface area (Å²) in [5.74, 6) is 0.132. The maximum atomic E-state index is 13.4. The maximum Gasteiger partial charge on any atom is 0.303 e. The Morgan fingerprint density at radius 2 is 1.83 bits per heavy atom. The number of ether oxygens (including phenoxy) is 2.